The fourth-order valence-corrected chi connectivity index (χ4v) is 2.64. The highest BCUT2D eigenvalue weighted by Crippen LogP contribution is 2.24. The van der Waals surface area contributed by atoms with Crippen molar-refractivity contribution in [1.82, 2.24) is 9.80 Å². The Bertz CT molecular complexity index is 756. The summed E-state index contributed by atoms with van der Waals surface area (Å²) in [6, 6.07) is 15.3. The van der Waals surface area contributed by atoms with Crippen LogP contribution in [0.1, 0.15) is 15.9 Å². The van der Waals surface area contributed by atoms with E-state index in [4.69, 9.17) is 5.11 Å². The molecule has 0 aliphatic heterocycles. The molecule has 5 heteroatoms. The second kappa shape index (κ2) is 8.44. The van der Waals surface area contributed by atoms with Crippen molar-refractivity contribution in [2.24, 2.45) is 0 Å². The predicted molar refractivity (Wildman–Crippen MR) is 98.7 cm³/mol. The Morgan fingerprint density at radius 3 is 2.36 bits per heavy atom. The third-order valence-electron chi connectivity index (χ3n) is 4.00. The maximum absolute atomic E-state index is 12.8. The van der Waals surface area contributed by atoms with Crippen molar-refractivity contribution in [3.63, 3.8) is 0 Å². The van der Waals surface area contributed by atoms with Gasteiger partial charge in [0.15, 0.2) is 0 Å². The Morgan fingerprint density at radius 1 is 1.00 bits per heavy atom. The molecule has 0 radical (unpaired) electrons. The first-order chi connectivity index (χ1) is 11.9. The van der Waals surface area contributed by atoms with E-state index in [9.17, 15) is 9.59 Å². The van der Waals surface area contributed by atoms with E-state index < -0.39 is 5.97 Å². The molecule has 0 heterocycles. The summed E-state index contributed by atoms with van der Waals surface area (Å²) < 4.78 is 0. The topological polar surface area (TPSA) is 60.9 Å². The third kappa shape index (κ3) is 5.16. The Kier molecular flexibility index (Phi) is 6.31. The van der Waals surface area contributed by atoms with E-state index in [0.717, 1.165) is 16.7 Å². The highest BCUT2D eigenvalue weighted by molar-refractivity contribution is 5.97. The predicted octanol–water partition coefficient (Wildman–Crippen LogP) is 2.75. The third-order valence-corrected chi connectivity index (χ3v) is 4.00. The molecule has 0 saturated carbocycles. The van der Waals surface area contributed by atoms with Crippen molar-refractivity contribution in [1.29, 1.82) is 0 Å². The van der Waals surface area contributed by atoms with Crippen LogP contribution < -0.4 is 0 Å². The molecule has 1 N–H and O–H groups in total. The number of hydrogen-bond donors (Lipinski definition) is 1. The van der Waals surface area contributed by atoms with E-state index >= 15 is 0 Å². The van der Waals surface area contributed by atoms with Crippen LogP contribution in [0, 0.1) is 6.92 Å². The molecule has 0 aliphatic carbocycles. The molecule has 1 amide bonds. The number of amides is 1. The molecule has 2 aromatic rings. The summed E-state index contributed by atoms with van der Waals surface area (Å²) >= 11 is 0. The van der Waals surface area contributed by atoms with Crippen LogP contribution in [0.5, 0.6) is 0 Å². The number of carbonyl (C=O) groups excluding carboxylic acids is 1. The minimum Gasteiger partial charge on any atom is -0.480 e. The van der Waals surface area contributed by atoms with E-state index in [2.05, 4.69) is 0 Å². The SMILES string of the molecule is Cc1ccccc1-c1cccc(C(=O)N(CCN(C)C)CC(=O)O)c1. The van der Waals surface area contributed by atoms with Crippen LogP contribution in [-0.4, -0.2) is 60.5 Å². The molecule has 0 fully saturated rings. The second-order valence-electron chi connectivity index (χ2n) is 6.32. The molecule has 5 nitrogen and oxygen atoms in total. The second-order valence-corrected chi connectivity index (χ2v) is 6.32. The first kappa shape index (κ1) is 18.7. The van der Waals surface area contributed by atoms with Gasteiger partial charge in [-0.3, -0.25) is 9.59 Å². The molecule has 0 saturated heterocycles. The fraction of sp³-hybridized carbons (Fsp3) is 0.300. The van der Waals surface area contributed by atoms with Gasteiger partial charge < -0.3 is 14.9 Å². The summed E-state index contributed by atoms with van der Waals surface area (Å²) in [6.07, 6.45) is 0. The van der Waals surface area contributed by atoms with Gasteiger partial charge in [0.1, 0.15) is 6.54 Å². The first-order valence-corrected chi connectivity index (χ1v) is 8.20. The monoisotopic (exact) mass is 340 g/mol. The number of carboxylic acid groups (broad SMARTS) is 1. The van der Waals surface area contributed by atoms with Crippen molar-refractivity contribution in [2.45, 2.75) is 6.92 Å². The van der Waals surface area contributed by atoms with Crippen LogP contribution >= 0.6 is 0 Å². The van der Waals surface area contributed by atoms with Crippen LogP contribution in [0.2, 0.25) is 0 Å². The van der Waals surface area contributed by atoms with Gasteiger partial charge in [-0.15, -0.1) is 0 Å². The minimum absolute atomic E-state index is 0.264. The summed E-state index contributed by atoms with van der Waals surface area (Å²) in [4.78, 5) is 27.2. The van der Waals surface area contributed by atoms with Gasteiger partial charge in [-0.2, -0.15) is 0 Å². The normalized spacial score (nSPS) is 10.7. The molecule has 2 aromatic carbocycles. The van der Waals surface area contributed by atoms with Gasteiger partial charge in [0.05, 0.1) is 0 Å². The molecular weight excluding hydrogens is 316 g/mol. The maximum Gasteiger partial charge on any atom is 0.323 e. The summed E-state index contributed by atoms with van der Waals surface area (Å²) in [6.45, 7) is 2.70. The average molecular weight is 340 g/mol. The van der Waals surface area contributed by atoms with Crippen molar-refractivity contribution in [3.8, 4) is 11.1 Å². The zero-order valence-electron chi connectivity index (χ0n) is 14.9. The van der Waals surface area contributed by atoms with Crippen LogP contribution in [-0.2, 0) is 4.79 Å². The van der Waals surface area contributed by atoms with Crippen molar-refractivity contribution < 1.29 is 14.7 Å². The summed E-state index contributed by atoms with van der Waals surface area (Å²) in [5.41, 5.74) is 3.64. The van der Waals surface area contributed by atoms with Crippen LogP contribution in [0.25, 0.3) is 11.1 Å². The standard InChI is InChI=1S/C20H24N2O3/c1-15-7-4-5-10-18(15)16-8-6-9-17(13-16)20(25)22(14-19(23)24)12-11-21(2)3/h4-10,13H,11-12,14H2,1-3H3,(H,23,24). The summed E-state index contributed by atoms with van der Waals surface area (Å²) in [5.74, 6) is -1.28. The maximum atomic E-state index is 12.8. The smallest absolute Gasteiger partial charge is 0.323 e. The molecule has 132 valence electrons. The summed E-state index contributed by atoms with van der Waals surface area (Å²) in [7, 11) is 3.78. The lowest BCUT2D eigenvalue weighted by Gasteiger charge is -2.23. The van der Waals surface area contributed by atoms with Gasteiger partial charge in [0.25, 0.3) is 5.91 Å². The van der Waals surface area contributed by atoms with Crippen molar-refractivity contribution in [3.05, 3.63) is 59.7 Å². The number of carbonyl (C=O) groups is 2. The van der Waals surface area contributed by atoms with Crippen LogP contribution in [0.4, 0.5) is 0 Å². The Balaban J connectivity index is 2.29. The lowest BCUT2D eigenvalue weighted by atomic mass is 9.98. The summed E-state index contributed by atoms with van der Waals surface area (Å²) in [5, 5.41) is 9.11. The molecule has 2 rings (SSSR count). The zero-order chi connectivity index (χ0) is 18.4. The van der Waals surface area contributed by atoms with Gasteiger partial charge >= 0.3 is 5.97 Å². The van der Waals surface area contributed by atoms with Gasteiger partial charge in [-0.1, -0.05) is 36.4 Å². The van der Waals surface area contributed by atoms with Gasteiger partial charge in [-0.05, 0) is 49.8 Å². The van der Waals surface area contributed by atoms with Gasteiger partial charge in [0.2, 0.25) is 0 Å². The van der Waals surface area contributed by atoms with E-state index in [-0.39, 0.29) is 12.5 Å². The number of aryl methyl sites for hydroxylation is 1. The molecule has 0 atom stereocenters. The van der Waals surface area contributed by atoms with Crippen LogP contribution in [0.15, 0.2) is 48.5 Å². The molecule has 0 aliphatic rings. The first-order valence-electron chi connectivity index (χ1n) is 8.20. The number of nitrogens with zero attached hydrogens (tertiary/aromatic N) is 2. The lowest BCUT2D eigenvalue weighted by molar-refractivity contribution is -0.137. The van der Waals surface area contributed by atoms with Crippen molar-refractivity contribution >= 4 is 11.9 Å². The Labute approximate surface area is 148 Å². The van der Waals surface area contributed by atoms with E-state index in [1.54, 1.807) is 6.07 Å². The van der Waals surface area contributed by atoms with E-state index in [1.165, 1.54) is 4.90 Å². The molecule has 0 unspecified atom stereocenters. The van der Waals surface area contributed by atoms with Gasteiger partial charge in [-0.25, -0.2) is 0 Å². The molecule has 0 bridgehead atoms. The fourth-order valence-electron chi connectivity index (χ4n) is 2.64. The number of aliphatic carboxylic acids is 1. The quantitative estimate of drug-likeness (QED) is 0.842. The lowest BCUT2D eigenvalue weighted by Crippen LogP contribution is -2.40. The zero-order valence-corrected chi connectivity index (χ0v) is 14.9. The highest BCUT2D eigenvalue weighted by Gasteiger charge is 2.19. The minimum atomic E-state index is -1.01. The Morgan fingerprint density at radius 2 is 1.72 bits per heavy atom. The number of likely N-dealkylation sites (N-methyl/N-ethyl adjacent to an activating group) is 1. The molecule has 0 aromatic heterocycles. The molecular formula is C20H24N2O3. The Hall–Kier alpha value is -2.66. The van der Waals surface area contributed by atoms with Crippen LogP contribution in [0.3, 0.4) is 0 Å². The number of carboxylic acids is 1. The largest absolute Gasteiger partial charge is 0.480 e. The molecule has 25 heavy (non-hydrogen) atoms. The number of hydrogen-bond acceptors (Lipinski definition) is 3. The molecule has 0 spiro atoms. The van der Waals surface area contributed by atoms with Gasteiger partial charge in [0, 0.05) is 18.7 Å². The van der Waals surface area contributed by atoms with E-state index in [1.807, 2.05) is 68.4 Å². The number of benzene rings is 2. The number of rotatable bonds is 7. The van der Waals surface area contributed by atoms with Crippen molar-refractivity contribution in [2.75, 3.05) is 33.7 Å². The highest BCUT2D eigenvalue weighted by atomic mass is 16.4. The average Bonchev–Trinajstić information content (AvgIpc) is 2.58. The van der Waals surface area contributed by atoms with E-state index in [0.29, 0.717) is 18.7 Å².